The van der Waals surface area contributed by atoms with Crippen molar-refractivity contribution in [2.45, 2.75) is 57.5 Å². The first-order chi connectivity index (χ1) is 9.01. The molecule has 0 bridgehead atoms. The van der Waals surface area contributed by atoms with Gasteiger partial charge in [0, 0.05) is 31.2 Å². The molecule has 0 aromatic heterocycles. The van der Waals surface area contributed by atoms with Crippen LogP contribution in [-0.4, -0.2) is 55.1 Å². The van der Waals surface area contributed by atoms with E-state index >= 15 is 0 Å². The average Bonchev–Trinajstić information content (AvgIpc) is 2.88. The van der Waals surface area contributed by atoms with E-state index in [1.54, 1.807) is 0 Å². The van der Waals surface area contributed by atoms with Crippen LogP contribution in [0.2, 0.25) is 0 Å². The summed E-state index contributed by atoms with van der Waals surface area (Å²) >= 11 is 0. The highest BCUT2D eigenvalue weighted by Gasteiger charge is 2.47. The van der Waals surface area contributed by atoms with Crippen molar-refractivity contribution in [3.63, 3.8) is 0 Å². The molecule has 3 atom stereocenters. The molecular formula is C16H33N3. The molecule has 3 unspecified atom stereocenters. The Morgan fingerprint density at radius 2 is 2.00 bits per heavy atom. The van der Waals surface area contributed by atoms with Crippen LogP contribution in [0.3, 0.4) is 0 Å². The summed E-state index contributed by atoms with van der Waals surface area (Å²) in [6, 6.07) is 0.721. The van der Waals surface area contributed by atoms with E-state index in [-0.39, 0.29) is 5.54 Å². The Morgan fingerprint density at radius 3 is 2.53 bits per heavy atom. The molecule has 0 radical (unpaired) electrons. The summed E-state index contributed by atoms with van der Waals surface area (Å²) in [6.07, 6.45) is 6.75. The van der Waals surface area contributed by atoms with Crippen molar-refractivity contribution in [1.29, 1.82) is 0 Å². The normalized spacial score (nSPS) is 37.4. The summed E-state index contributed by atoms with van der Waals surface area (Å²) < 4.78 is 0. The monoisotopic (exact) mass is 267 g/mol. The molecular weight excluding hydrogens is 234 g/mol. The van der Waals surface area contributed by atoms with E-state index in [1.807, 2.05) is 0 Å². The van der Waals surface area contributed by atoms with E-state index in [0.29, 0.717) is 0 Å². The predicted molar refractivity (Wildman–Crippen MR) is 82.2 cm³/mol. The second kappa shape index (κ2) is 6.11. The van der Waals surface area contributed by atoms with Gasteiger partial charge < -0.3 is 10.6 Å². The van der Waals surface area contributed by atoms with E-state index in [4.69, 9.17) is 5.73 Å². The molecule has 2 fully saturated rings. The molecule has 0 spiro atoms. The van der Waals surface area contributed by atoms with Gasteiger partial charge in [-0.2, -0.15) is 0 Å². The highest BCUT2D eigenvalue weighted by Crippen LogP contribution is 2.43. The van der Waals surface area contributed by atoms with Crippen LogP contribution in [0, 0.1) is 11.8 Å². The van der Waals surface area contributed by atoms with Crippen LogP contribution in [0.15, 0.2) is 0 Å². The van der Waals surface area contributed by atoms with Crippen molar-refractivity contribution < 1.29 is 0 Å². The Bertz CT molecular complexity index is 290. The van der Waals surface area contributed by atoms with Crippen LogP contribution < -0.4 is 5.73 Å². The van der Waals surface area contributed by atoms with Gasteiger partial charge in [0.25, 0.3) is 0 Å². The fourth-order valence-corrected chi connectivity index (χ4v) is 4.55. The third-order valence-electron chi connectivity index (χ3n) is 5.75. The van der Waals surface area contributed by atoms with E-state index in [9.17, 15) is 0 Å². The minimum absolute atomic E-state index is 0.289. The standard InChI is InChI=1S/C16H33N3/c1-13(2)15-7-5-6-9-16(15,12-17)19-10-8-14(11-19)18(3)4/h13-15H,5-12,17H2,1-4H3. The van der Waals surface area contributed by atoms with Gasteiger partial charge in [-0.25, -0.2) is 0 Å². The first-order valence-electron chi connectivity index (χ1n) is 8.13. The minimum Gasteiger partial charge on any atom is -0.329 e. The molecule has 2 rings (SSSR count). The molecule has 0 aromatic carbocycles. The maximum Gasteiger partial charge on any atom is 0.0362 e. The van der Waals surface area contributed by atoms with Gasteiger partial charge in [-0.3, -0.25) is 4.90 Å². The maximum atomic E-state index is 6.31. The Balaban J connectivity index is 2.16. The quantitative estimate of drug-likeness (QED) is 0.847. The molecule has 0 amide bonds. The van der Waals surface area contributed by atoms with Crippen LogP contribution in [0.1, 0.15) is 46.0 Å². The largest absolute Gasteiger partial charge is 0.329 e. The molecule has 1 saturated carbocycles. The van der Waals surface area contributed by atoms with E-state index in [0.717, 1.165) is 24.4 Å². The van der Waals surface area contributed by atoms with Crippen LogP contribution in [0.5, 0.6) is 0 Å². The van der Waals surface area contributed by atoms with Crippen molar-refractivity contribution in [1.82, 2.24) is 9.80 Å². The van der Waals surface area contributed by atoms with Gasteiger partial charge in [0.15, 0.2) is 0 Å². The summed E-state index contributed by atoms with van der Waals surface area (Å²) in [4.78, 5) is 5.14. The Kier molecular flexibility index (Phi) is 4.91. The van der Waals surface area contributed by atoms with Crippen LogP contribution >= 0.6 is 0 Å². The number of nitrogens with two attached hydrogens (primary N) is 1. The van der Waals surface area contributed by atoms with E-state index in [2.05, 4.69) is 37.7 Å². The van der Waals surface area contributed by atoms with Gasteiger partial charge in [-0.05, 0) is 45.2 Å². The average molecular weight is 267 g/mol. The lowest BCUT2D eigenvalue weighted by molar-refractivity contribution is -0.00179. The van der Waals surface area contributed by atoms with Gasteiger partial charge >= 0.3 is 0 Å². The zero-order valence-electron chi connectivity index (χ0n) is 13.4. The zero-order chi connectivity index (χ0) is 14.0. The molecule has 112 valence electrons. The minimum atomic E-state index is 0.289. The lowest BCUT2D eigenvalue weighted by atomic mass is 9.67. The second-order valence-corrected chi connectivity index (χ2v) is 7.26. The first-order valence-corrected chi connectivity index (χ1v) is 8.13. The molecule has 0 aromatic rings. The Hall–Kier alpha value is -0.120. The van der Waals surface area contributed by atoms with Crippen molar-refractivity contribution in [2.75, 3.05) is 33.7 Å². The van der Waals surface area contributed by atoms with Crippen molar-refractivity contribution in [2.24, 2.45) is 17.6 Å². The molecule has 2 aliphatic rings. The van der Waals surface area contributed by atoms with Crippen LogP contribution in [-0.2, 0) is 0 Å². The number of rotatable bonds is 4. The van der Waals surface area contributed by atoms with Gasteiger partial charge in [0.1, 0.15) is 0 Å². The summed E-state index contributed by atoms with van der Waals surface area (Å²) in [7, 11) is 4.42. The number of nitrogens with zero attached hydrogens (tertiary/aromatic N) is 2. The summed E-state index contributed by atoms with van der Waals surface area (Å²) in [6.45, 7) is 8.08. The molecule has 1 heterocycles. The third-order valence-corrected chi connectivity index (χ3v) is 5.75. The molecule has 3 heteroatoms. The van der Waals surface area contributed by atoms with E-state index in [1.165, 1.54) is 45.2 Å². The van der Waals surface area contributed by atoms with Crippen LogP contribution in [0.4, 0.5) is 0 Å². The lowest BCUT2D eigenvalue weighted by Crippen LogP contribution is -2.60. The van der Waals surface area contributed by atoms with Crippen molar-refractivity contribution in [3.05, 3.63) is 0 Å². The van der Waals surface area contributed by atoms with Gasteiger partial charge in [-0.1, -0.05) is 26.7 Å². The first kappa shape index (κ1) is 15.3. The molecule has 3 nitrogen and oxygen atoms in total. The Labute approximate surface area is 119 Å². The molecule has 1 aliphatic heterocycles. The number of hydrogen-bond acceptors (Lipinski definition) is 3. The fourth-order valence-electron chi connectivity index (χ4n) is 4.55. The van der Waals surface area contributed by atoms with Crippen molar-refractivity contribution >= 4 is 0 Å². The number of likely N-dealkylation sites (tertiary alicyclic amines) is 1. The summed E-state index contributed by atoms with van der Waals surface area (Å²) in [5.74, 6) is 1.54. The molecule has 1 aliphatic carbocycles. The SMILES string of the molecule is CC(C)C1CCCCC1(CN)N1CCC(N(C)C)C1. The van der Waals surface area contributed by atoms with E-state index < -0.39 is 0 Å². The molecule has 2 N–H and O–H groups in total. The smallest absolute Gasteiger partial charge is 0.0362 e. The van der Waals surface area contributed by atoms with Gasteiger partial charge in [0.2, 0.25) is 0 Å². The molecule has 1 saturated heterocycles. The Morgan fingerprint density at radius 1 is 1.26 bits per heavy atom. The van der Waals surface area contributed by atoms with Crippen LogP contribution in [0.25, 0.3) is 0 Å². The summed E-state index contributed by atoms with van der Waals surface area (Å²) in [5, 5.41) is 0. The second-order valence-electron chi connectivity index (χ2n) is 7.26. The molecule has 19 heavy (non-hydrogen) atoms. The number of likely N-dealkylation sites (N-methyl/N-ethyl adjacent to an activating group) is 1. The summed E-state index contributed by atoms with van der Waals surface area (Å²) in [5.41, 5.74) is 6.60. The maximum absolute atomic E-state index is 6.31. The third kappa shape index (κ3) is 2.84. The number of hydrogen-bond donors (Lipinski definition) is 1. The predicted octanol–water partition coefficient (Wildman–Crippen LogP) is 2.17. The van der Waals surface area contributed by atoms with Crippen molar-refractivity contribution in [3.8, 4) is 0 Å². The topological polar surface area (TPSA) is 32.5 Å². The highest BCUT2D eigenvalue weighted by atomic mass is 15.3. The van der Waals surface area contributed by atoms with Gasteiger partial charge in [0.05, 0.1) is 0 Å². The lowest BCUT2D eigenvalue weighted by Gasteiger charge is -2.51. The van der Waals surface area contributed by atoms with Gasteiger partial charge in [-0.15, -0.1) is 0 Å². The fraction of sp³-hybridized carbons (Fsp3) is 1.00. The zero-order valence-corrected chi connectivity index (χ0v) is 13.4. The highest BCUT2D eigenvalue weighted by molar-refractivity contribution is 5.03.